The molecular weight excluding hydrogens is 255 g/mol. The lowest BCUT2D eigenvalue weighted by atomic mass is 9.97. The molecule has 0 aliphatic heterocycles. The summed E-state index contributed by atoms with van der Waals surface area (Å²) in [6, 6.07) is 0. The zero-order valence-electron chi connectivity index (χ0n) is 8.16. The van der Waals surface area contributed by atoms with E-state index in [1.165, 1.54) is 0 Å². The van der Waals surface area contributed by atoms with Gasteiger partial charge in [-0.15, -0.1) is 0 Å². The maximum Gasteiger partial charge on any atom is 0.331 e. The molecule has 5 heteroatoms. The van der Waals surface area contributed by atoms with Crippen LogP contribution in [0.5, 0.6) is 0 Å². The Bertz CT molecular complexity index is 186. The second kappa shape index (κ2) is 5.50. The molecule has 0 rings (SSSR count). The molecule has 0 aromatic carbocycles. The van der Waals surface area contributed by atoms with Crippen LogP contribution in [-0.4, -0.2) is 20.3 Å². The van der Waals surface area contributed by atoms with E-state index >= 15 is 0 Å². The largest absolute Gasteiger partial charge is 0.331 e. The molecular formula is C8H18BrO3P. The summed E-state index contributed by atoms with van der Waals surface area (Å²) < 4.78 is 11.3. The maximum absolute atomic E-state index is 11.3. The van der Waals surface area contributed by atoms with E-state index in [1.54, 1.807) is 0 Å². The topological polar surface area (TPSA) is 57.5 Å². The van der Waals surface area contributed by atoms with Gasteiger partial charge >= 0.3 is 7.60 Å². The highest BCUT2D eigenvalue weighted by Gasteiger charge is 2.42. The van der Waals surface area contributed by atoms with Crippen molar-refractivity contribution in [2.75, 3.05) is 5.33 Å². The van der Waals surface area contributed by atoms with Gasteiger partial charge in [-0.05, 0) is 25.7 Å². The Kier molecular flexibility index (Phi) is 5.76. The fourth-order valence-electron chi connectivity index (χ4n) is 1.56. The molecule has 0 aliphatic carbocycles. The van der Waals surface area contributed by atoms with Gasteiger partial charge in [0.2, 0.25) is 0 Å². The van der Waals surface area contributed by atoms with Crippen molar-refractivity contribution >= 4 is 23.5 Å². The molecule has 0 atom stereocenters. The molecule has 0 aliphatic rings. The quantitative estimate of drug-likeness (QED) is 0.578. The van der Waals surface area contributed by atoms with E-state index in [4.69, 9.17) is 0 Å². The summed E-state index contributed by atoms with van der Waals surface area (Å²) in [5.41, 5.74) is 0. The van der Waals surface area contributed by atoms with E-state index in [1.807, 2.05) is 13.8 Å². The normalized spacial score (nSPS) is 13.3. The fourth-order valence-corrected chi connectivity index (χ4v) is 3.11. The van der Waals surface area contributed by atoms with Crippen LogP contribution in [0.1, 0.15) is 39.5 Å². The predicted molar refractivity (Wildman–Crippen MR) is 58.4 cm³/mol. The van der Waals surface area contributed by atoms with E-state index in [0.717, 1.165) is 11.8 Å². The van der Waals surface area contributed by atoms with Gasteiger partial charge in [0.1, 0.15) is 0 Å². The van der Waals surface area contributed by atoms with Crippen LogP contribution >= 0.6 is 23.5 Å². The summed E-state index contributed by atoms with van der Waals surface area (Å²) in [5.74, 6) is 0. The van der Waals surface area contributed by atoms with Crippen LogP contribution in [0.2, 0.25) is 0 Å². The maximum atomic E-state index is 11.3. The molecule has 0 heterocycles. The van der Waals surface area contributed by atoms with Crippen molar-refractivity contribution < 1.29 is 14.4 Å². The lowest BCUT2D eigenvalue weighted by Crippen LogP contribution is -2.27. The first-order valence-corrected chi connectivity index (χ1v) is 7.28. The zero-order valence-corrected chi connectivity index (χ0v) is 10.6. The molecule has 0 aromatic rings. The summed E-state index contributed by atoms with van der Waals surface area (Å²) in [4.78, 5) is 18.5. The smallest absolute Gasteiger partial charge is 0.324 e. The van der Waals surface area contributed by atoms with Crippen molar-refractivity contribution in [1.29, 1.82) is 0 Å². The second-order valence-electron chi connectivity index (χ2n) is 3.27. The first-order valence-electron chi connectivity index (χ1n) is 4.55. The third-order valence-corrected chi connectivity index (χ3v) is 5.36. The van der Waals surface area contributed by atoms with Gasteiger partial charge in [0.15, 0.2) is 0 Å². The highest BCUT2D eigenvalue weighted by molar-refractivity contribution is 9.09. The number of rotatable bonds is 6. The van der Waals surface area contributed by atoms with Gasteiger partial charge in [0.05, 0.1) is 5.16 Å². The van der Waals surface area contributed by atoms with Crippen molar-refractivity contribution in [2.24, 2.45) is 0 Å². The van der Waals surface area contributed by atoms with Crippen LogP contribution in [0.25, 0.3) is 0 Å². The lowest BCUT2D eigenvalue weighted by Gasteiger charge is -2.32. The molecule has 0 amide bonds. The number of hydrogen-bond donors (Lipinski definition) is 2. The number of halogens is 1. The second-order valence-corrected chi connectivity index (χ2v) is 6.10. The summed E-state index contributed by atoms with van der Waals surface area (Å²) in [7, 11) is -3.96. The van der Waals surface area contributed by atoms with Gasteiger partial charge in [-0.25, -0.2) is 0 Å². The molecule has 0 fully saturated rings. The van der Waals surface area contributed by atoms with Gasteiger partial charge in [0.25, 0.3) is 0 Å². The molecule has 0 saturated heterocycles. The van der Waals surface area contributed by atoms with Crippen LogP contribution in [0.4, 0.5) is 0 Å². The third kappa shape index (κ3) is 3.35. The Morgan fingerprint density at radius 2 is 1.77 bits per heavy atom. The van der Waals surface area contributed by atoms with Crippen LogP contribution < -0.4 is 0 Å². The Morgan fingerprint density at radius 1 is 1.31 bits per heavy atom. The fraction of sp³-hybridized carbons (Fsp3) is 1.00. The molecule has 13 heavy (non-hydrogen) atoms. The summed E-state index contributed by atoms with van der Waals surface area (Å²) in [5, 5.41) is 0.00944. The number of hydrogen-bond acceptors (Lipinski definition) is 1. The highest BCUT2D eigenvalue weighted by atomic mass is 79.9. The van der Waals surface area contributed by atoms with E-state index in [2.05, 4.69) is 15.9 Å². The Labute approximate surface area is 88.2 Å². The Hall–Kier alpha value is 0.630. The van der Waals surface area contributed by atoms with Crippen molar-refractivity contribution in [3.8, 4) is 0 Å². The Morgan fingerprint density at radius 3 is 2.00 bits per heavy atom. The van der Waals surface area contributed by atoms with E-state index in [9.17, 15) is 14.4 Å². The van der Waals surface area contributed by atoms with E-state index in [-0.39, 0.29) is 0 Å². The van der Waals surface area contributed by atoms with E-state index < -0.39 is 12.8 Å². The van der Waals surface area contributed by atoms with Gasteiger partial charge < -0.3 is 9.79 Å². The minimum absolute atomic E-state index is 0.542. The van der Waals surface area contributed by atoms with Crippen LogP contribution in [0.3, 0.4) is 0 Å². The monoisotopic (exact) mass is 272 g/mol. The molecule has 0 radical (unpaired) electrons. The third-order valence-electron chi connectivity index (χ3n) is 2.71. The predicted octanol–water partition coefficient (Wildman–Crippen LogP) is 2.90. The molecule has 3 nitrogen and oxygen atoms in total. The molecule has 0 spiro atoms. The molecule has 0 saturated carbocycles. The van der Waals surface area contributed by atoms with Crippen LogP contribution in [-0.2, 0) is 4.57 Å². The molecule has 80 valence electrons. The highest BCUT2D eigenvalue weighted by Crippen LogP contribution is 2.56. The first-order chi connectivity index (χ1) is 5.93. The van der Waals surface area contributed by atoms with E-state index in [0.29, 0.717) is 19.3 Å². The Balaban J connectivity index is 4.60. The molecule has 2 N–H and O–H groups in total. The lowest BCUT2D eigenvalue weighted by molar-refractivity contribution is 0.304. The molecule has 0 bridgehead atoms. The van der Waals surface area contributed by atoms with Crippen molar-refractivity contribution in [1.82, 2.24) is 0 Å². The molecule has 0 unspecified atom stereocenters. The molecule has 0 aromatic heterocycles. The van der Waals surface area contributed by atoms with Gasteiger partial charge in [0, 0.05) is 5.33 Å². The van der Waals surface area contributed by atoms with Crippen LogP contribution in [0, 0.1) is 0 Å². The number of alkyl halides is 1. The summed E-state index contributed by atoms with van der Waals surface area (Å²) in [6.45, 7) is 3.69. The van der Waals surface area contributed by atoms with Gasteiger partial charge in [-0.3, -0.25) is 4.57 Å². The van der Waals surface area contributed by atoms with Crippen molar-refractivity contribution in [2.45, 2.75) is 44.7 Å². The average molecular weight is 273 g/mol. The standard InChI is InChI=1S/C8H18BrO3P/c1-3-8(4-2,6-5-7-9)13(10,11)12/h3-7H2,1-2H3,(H2,10,11,12). The minimum atomic E-state index is -3.96. The zero-order chi connectivity index (χ0) is 10.5. The van der Waals surface area contributed by atoms with Crippen molar-refractivity contribution in [3.05, 3.63) is 0 Å². The summed E-state index contributed by atoms with van der Waals surface area (Å²) >= 11 is 3.27. The van der Waals surface area contributed by atoms with Crippen molar-refractivity contribution in [3.63, 3.8) is 0 Å². The van der Waals surface area contributed by atoms with Crippen LogP contribution in [0.15, 0.2) is 0 Å². The minimum Gasteiger partial charge on any atom is -0.324 e. The average Bonchev–Trinajstić information content (AvgIpc) is 2.05. The van der Waals surface area contributed by atoms with Gasteiger partial charge in [-0.1, -0.05) is 29.8 Å². The SMILES string of the molecule is CCC(CC)(CCCBr)P(=O)(O)O. The van der Waals surface area contributed by atoms with Gasteiger partial charge in [-0.2, -0.15) is 0 Å². The summed E-state index contributed by atoms with van der Waals surface area (Å²) in [6.07, 6.45) is 2.49. The first kappa shape index (κ1) is 13.6.